The molecular weight excluding hydrogens is 226 g/mol. The van der Waals surface area contributed by atoms with Gasteiger partial charge < -0.3 is 14.8 Å². The van der Waals surface area contributed by atoms with Crippen molar-refractivity contribution in [2.45, 2.75) is 58.1 Å². The monoisotopic (exact) mass is 255 g/mol. The molecule has 0 bridgehead atoms. The summed E-state index contributed by atoms with van der Waals surface area (Å²) in [4.78, 5) is 0. The molecule has 0 spiro atoms. The number of rotatable bonds is 5. The maximum absolute atomic E-state index is 5.67. The molecule has 3 atom stereocenters. The summed E-state index contributed by atoms with van der Waals surface area (Å²) in [6, 6.07) is 0.702. The predicted molar refractivity (Wildman–Crippen MR) is 73.8 cm³/mol. The lowest BCUT2D eigenvalue weighted by Gasteiger charge is -2.32. The van der Waals surface area contributed by atoms with Gasteiger partial charge in [-0.15, -0.1) is 0 Å². The summed E-state index contributed by atoms with van der Waals surface area (Å²) in [6.45, 7) is 7.91. The van der Waals surface area contributed by atoms with Crippen LogP contribution in [0.2, 0.25) is 0 Å². The summed E-state index contributed by atoms with van der Waals surface area (Å²) in [5.74, 6) is 1.77. The number of hydrogen-bond donors (Lipinski definition) is 1. The molecule has 1 heterocycles. The first-order valence-electron chi connectivity index (χ1n) is 7.66. The lowest BCUT2D eigenvalue weighted by molar-refractivity contribution is -0.0874. The Labute approximate surface area is 112 Å². The average Bonchev–Trinajstić information content (AvgIpc) is 2.37. The van der Waals surface area contributed by atoms with Crippen LogP contribution >= 0.6 is 0 Å². The van der Waals surface area contributed by atoms with Crippen LogP contribution in [0.3, 0.4) is 0 Å². The lowest BCUT2D eigenvalue weighted by atomic mass is 9.81. The van der Waals surface area contributed by atoms with E-state index < -0.39 is 0 Å². The summed E-state index contributed by atoms with van der Waals surface area (Å²) >= 11 is 0. The highest BCUT2D eigenvalue weighted by molar-refractivity contribution is 4.80. The van der Waals surface area contributed by atoms with Crippen molar-refractivity contribution < 1.29 is 9.47 Å². The van der Waals surface area contributed by atoms with Crippen LogP contribution in [0, 0.1) is 11.8 Å². The van der Waals surface area contributed by atoms with Crippen molar-refractivity contribution in [2.75, 3.05) is 26.4 Å². The zero-order chi connectivity index (χ0) is 12.8. The molecule has 1 saturated carbocycles. The van der Waals surface area contributed by atoms with Gasteiger partial charge in [-0.2, -0.15) is 0 Å². The number of hydrogen-bond acceptors (Lipinski definition) is 3. The third kappa shape index (κ3) is 4.87. The molecule has 3 unspecified atom stereocenters. The van der Waals surface area contributed by atoms with Crippen LogP contribution in [0.1, 0.15) is 46.0 Å². The molecule has 1 N–H and O–H groups in total. The van der Waals surface area contributed by atoms with Gasteiger partial charge in [0.15, 0.2) is 0 Å². The molecule has 3 heteroatoms. The van der Waals surface area contributed by atoms with Crippen LogP contribution in [0.4, 0.5) is 0 Å². The molecule has 2 rings (SSSR count). The van der Waals surface area contributed by atoms with Crippen molar-refractivity contribution in [3.05, 3.63) is 0 Å². The van der Waals surface area contributed by atoms with Gasteiger partial charge in [-0.3, -0.25) is 0 Å². The topological polar surface area (TPSA) is 30.5 Å². The highest BCUT2D eigenvalue weighted by atomic mass is 16.6. The van der Waals surface area contributed by atoms with Crippen molar-refractivity contribution in [3.63, 3.8) is 0 Å². The summed E-state index contributed by atoms with van der Waals surface area (Å²) in [7, 11) is 0. The van der Waals surface area contributed by atoms with E-state index in [1.807, 2.05) is 0 Å². The van der Waals surface area contributed by atoms with Gasteiger partial charge in [0.25, 0.3) is 0 Å². The highest BCUT2D eigenvalue weighted by Gasteiger charge is 2.23. The average molecular weight is 255 g/mol. The second-order valence-electron chi connectivity index (χ2n) is 6.34. The molecule has 1 saturated heterocycles. The molecule has 0 aromatic rings. The predicted octanol–water partition coefficient (Wildman–Crippen LogP) is 2.60. The first-order chi connectivity index (χ1) is 8.74. The molecule has 2 aliphatic rings. The molecule has 1 aliphatic carbocycles. The van der Waals surface area contributed by atoms with Crippen LogP contribution in [0.25, 0.3) is 0 Å². The molecule has 106 valence electrons. The van der Waals surface area contributed by atoms with E-state index in [1.54, 1.807) is 0 Å². The lowest BCUT2D eigenvalue weighted by Crippen LogP contribution is -2.43. The molecule has 2 fully saturated rings. The van der Waals surface area contributed by atoms with Crippen molar-refractivity contribution in [1.82, 2.24) is 5.32 Å². The Morgan fingerprint density at radius 3 is 2.83 bits per heavy atom. The standard InChI is InChI=1S/C15H29NO2/c1-12(2)8-13-4-3-5-14(9-13)16-10-15-11-17-6-7-18-15/h12-16H,3-11H2,1-2H3. The molecule has 18 heavy (non-hydrogen) atoms. The molecule has 0 aromatic heterocycles. The normalized spacial score (nSPS) is 33.8. The van der Waals surface area contributed by atoms with E-state index in [1.165, 1.54) is 32.1 Å². The second-order valence-corrected chi connectivity index (χ2v) is 6.34. The van der Waals surface area contributed by atoms with E-state index in [2.05, 4.69) is 19.2 Å². The maximum Gasteiger partial charge on any atom is 0.0933 e. The highest BCUT2D eigenvalue weighted by Crippen LogP contribution is 2.29. The molecular formula is C15H29NO2. The fourth-order valence-electron chi connectivity index (χ4n) is 3.31. The first kappa shape index (κ1) is 14.3. The van der Waals surface area contributed by atoms with Gasteiger partial charge in [0.1, 0.15) is 0 Å². The number of nitrogens with one attached hydrogen (secondary N) is 1. The molecule has 0 amide bonds. The number of ether oxygens (including phenoxy) is 2. The third-order valence-corrected chi connectivity index (χ3v) is 4.11. The summed E-state index contributed by atoms with van der Waals surface area (Å²) < 4.78 is 11.1. The van der Waals surface area contributed by atoms with Crippen LogP contribution in [-0.4, -0.2) is 38.5 Å². The maximum atomic E-state index is 5.67. The van der Waals surface area contributed by atoms with Crippen molar-refractivity contribution in [2.24, 2.45) is 11.8 Å². The van der Waals surface area contributed by atoms with Crippen molar-refractivity contribution in [1.29, 1.82) is 0 Å². The Morgan fingerprint density at radius 1 is 1.22 bits per heavy atom. The Morgan fingerprint density at radius 2 is 2.11 bits per heavy atom. The van der Waals surface area contributed by atoms with Crippen LogP contribution < -0.4 is 5.32 Å². The van der Waals surface area contributed by atoms with Gasteiger partial charge in [-0.05, 0) is 31.1 Å². The Hall–Kier alpha value is -0.120. The minimum absolute atomic E-state index is 0.268. The van der Waals surface area contributed by atoms with E-state index in [4.69, 9.17) is 9.47 Å². The zero-order valence-corrected chi connectivity index (χ0v) is 12.0. The largest absolute Gasteiger partial charge is 0.376 e. The molecule has 1 aliphatic heterocycles. The van der Waals surface area contributed by atoms with Gasteiger partial charge in [-0.25, -0.2) is 0 Å². The molecule has 0 aromatic carbocycles. The molecule has 3 nitrogen and oxygen atoms in total. The van der Waals surface area contributed by atoms with E-state index in [9.17, 15) is 0 Å². The van der Waals surface area contributed by atoms with Crippen LogP contribution in [0.15, 0.2) is 0 Å². The third-order valence-electron chi connectivity index (χ3n) is 4.11. The first-order valence-corrected chi connectivity index (χ1v) is 7.66. The van der Waals surface area contributed by atoms with E-state index >= 15 is 0 Å². The summed E-state index contributed by atoms with van der Waals surface area (Å²) in [6.07, 6.45) is 7.16. The fraction of sp³-hybridized carbons (Fsp3) is 1.00. The van der Waals surface area contributed by atoms with Crippen molar-refractivity contribution in [3.8, 4) is 0 Å². The van der Waals surface area contributed by atoms with Gasteiger partial charge in [0.05, 0.1) is 25.9 Å². The quantitative estimate of drug-likeness (QED) is 0.819. The SMILES string of the molecule is CC(C)CC1CCCC(NCC2COCCO2)C1. The van der Waals surface area contributed by atoms with Gasteiger partial charge in [0, 0.05) is 12.6 Å². The Balaban J connectivity index is 1.65. The zero-order valence-electron chi connectivity index (χ0n) is 12.0. The molecule has 0 radical (unpaired) electrons. The minimum atomic E-state index is 0.268. The van der Waals surface area contributed by atoms with Gasteiger partial charge in [0.2, 0.25) is 0 Å². The van der Waals surface area contributed by atoms with Crippen LogP contribution in [-0.2, 0) is 9.47 Å². The second kappa shape index (κ2) is 7.46. The minimum Gasteiger partial charge on any atom is -0.376 e. The summed E-state index contributed by atoms with van der Waals surface area (Å²) in [5, 5.41) is 3.69. The van der Waals surface area contributed by atoms with E-state index in [-0.39, 0.29) is 6.10 Å². The van der Waals surface area contributed by atoms with E-state index in [0.29, 0.717) is 6.04 Å². The Kier molecular flexibility index (Phi) is 5.93. The van der Waals surface area contributed by atoms with Gasteiger partial charge in [-0.1, -0.05) is 26.7 Å². The van der Waals surface area contributed by atoms with E-state index in [0.717, 1.165) is 38.2 Å². The van der Waals surface area contributed by atoms with Gasteiger partial charge >= 0.3 is 0 Å². The smallest absolute Gasteiger partial charge is 0.0933 e. The fourth-order valence-corrected chi connectivity index (χ4v) is 3.31. The van der Waals surface area contributed by atoms with Crippen molar-refractivity contribution >= 4 is 0 Å². The Bertz CT molecular complexity index is 227. The summed E-state index contributed by atoms with van der Waals surface area (Å²) in [5.41, 5.74) is 0. The van der Waals surface area contributed by atoms with Crippen LogP contribution in [0.5, 0.6) is 0 Å².